The summed E-state index contributed by atoms with van der Waals surface area (Å²) in [6.45, 7) is -0.0566. The second-order valence-electron chi connectivity index (χ2n) is 5.96. The predicted molar refractivity (Wildman–Crippen MR) is 101 cm³/mol. The van der Waals surface area contributed by atoms with Crippen LogP contribution in [0.2, 0.25) is 4.34 Å². The summed E-state index contributed by atoms with van der Waals surface area (Å²) < 4.78 is 0.643. The SMILES string of the molecule is N#CCN1C(=O)[C@H](NC(=O)c2cc3cc(Cl)sc3[nH]2)Cc2ccccc21. The van der Waals surface area contributed by atoms with Crippen molar-refractivity contribution in [3.05, 3.63) is 52.0 Å². The zero-order valence-corrected chi connectivity index (χ0v) is 15.0. The Morgan fingerprint density at radius 3 is 3.00 bits per heavy atom. The number of aromatic amines is 1. The zero-order valence-electron chi connectivity index (χ0n) is 13.5. The molecular weight excluding hydrogens is 372 g/mol. The van der Waals surface area contributed by atoms with Gasteiger partial charge in [0.1, 0.15) is 23.1 Å². The minimum atomic E-state index is -0.712. The molecular formula is C18H13ClN4O2S. The normalized spacial score (nSPS) is 16.4. The molecule has 8 heteroatoms. The molecule has 1 atom stereocenters. The van der Waals surface area contributed by atoms with E-state index < -0.39 is 6.04 Å². The molecule has 0 saturated carbocycles. The first-order chi connectivity index (χ1) is 12.6. The number of benzene rings is 1. The molecule has 0 aliphatic carbocycles. The molecule has 1 aliphatic rings. The smallest absolute Gasteiger partial charge is 0.268 e. The van der Waals surface area contributed by atoms with E-state index in [9.17, 15) is 9.59 Å². The van der Waals surface area contributed by atoms with E-state index in [4.69, 9.17) is 16.9 Å². The second kappa shape index (κ2) is 6.48. The Balaban J connectivity index is 1.59. The van der Waals surface area contributed by atoms with Gasteiger partial charge in [0, 0.05) is 17.5 Å². The summed E-state index contributed by atoms with van der Waals surface area (Å²) >= 11 is 7.30. The van der Waals surface area contributed by atoms with Crippen molar-refractivity contribution in [2.75, 3.05) is 11.4 Å². The van der Waals surface area contributed by atoms with Crippen LogP contribution in [-0.2, 0) is 11.2 Å². The average Bonchev–Trinajstić information content (AvgIpc) is 3.16. The van der Waals surface area contributed by atoms with Crippen molar-refractivity contribution in [3.8, 4) is 6.07 Å². The van der Waals surface area contributed by atoms with Gasteiger partial charge < -0.3 is 10.3 Å². The molecule has 2 amide bonds. The van der Waals surface area contributed by atoms with Crippen LogP contribution >= 0.6 is 22.9 Å². The molecule has 3 aromatic rings. The van der Waals surface area contributed by atoms with Gasteiger partial charge in [-0.1, -0.05) is 29.8 Å². The molecule has 6 nitrogen and oxygen atoms in total. The van der Waals surface area contributed by atoms with Crippen molar-refractivity contribution in [2.45, 2.75) is 12.5 Å². The van der Waals surface area contributed by atoms with Crippen molar-refractivity contribution < 1.29 is 9.59 Å². The minimum Gasteiger partial charge on any atom is -0.342 e. The number of thiophene rings is 1. The molecule has 4 rings (SSSR count). The number of rotatable bonds is 3. The van der Waals surface area contributed by atoms with Crippen molar-refractivity contribution >= 4 is 50.7 Å². The van der Waals surface area contributed by atoms with Gasteiger partial charge >= 0.3 is 0 Å². The summed E-state index contributed by atoms with van der Waals surface area (Å²) in [4.78, 5) is 30.6. The summed E-state index contributed by atoms with van der Waals surface area (Å²) in [6.07, 6.45) is 0.392. The summed E-state index contributed by atoms with van der Waals surface area (Å²) in [6, 6.07) is 12.2. The van der Waals surface area contributed by atoms with Gasteiger partial charge in [-0.2, -0.15) is 5.26 Å². The van der Waals surface area contributed by atoms with E-state index in [-0.39, 0.29) is 18.4 Å². The van der Waals surface area contributed by atoms with E-state index in [1.54, 1.807) is 12.1 Å². The number of para-hydroxylation sites is 1. The minimum absolute atomic E-state index is 0.0566. The number of nitriles is 1. The first-order valence-corrected chi connectivity index (χ1v) is 9.11. The van der Waals surface area contributed by atoms with Crippen molar-refractivity contribution in [1.82, 2.24) is 10.3 Å². The van der Waals surface area contributed by atoms with Crippen molar-refractivity contribution in [2.24, 2.45) is 0 Å². The van der Waals surface area contributed by atoms with Crippen LogP contribution in [0.3, 0.4) is 0 Å². The molecule has 0 radical (unpaired) electrons. The number of aromatic nitrogens is 1. The van der Waals surface area contributed by atoms with Gasteiger partial charge in [-0.3, -0.25) is 14.5 Å². The van der Waals surface area contributed by atoms with E-state index in [0.29, 0.717) is 16.5 Å². The number of hydrogen-bond donors (Lipinski definition) is 2. The highest BCUT2D eigenvalue weighted by Gasteiger charge is 2.33. The predicted octanol–water partition coefficient (Wildman–Crippen LogP) is 3.09. The van der Waals surface area contributed by atoms with Crippen molar-refractivity contribution in [3.63, 3.8) is 0 Å². The van der Waals surface area contributed by atoms with Gasteiger partial charge in [0.25, 0.3) is 11.8 Å². The number of nitrogens with one attached hydrogen (secondary N) is 2. The molecule has 0 bridgehead atoms. The standard InChI is InChI=1S/C18H13ClN4O2S/c19-15-9-11-8-12(22-17(11)26-15)16(24)21-13-7-10-3-1-2-4-14(10)23(6-5-20)18(13)25/h1-4,8-9,13,22H,6-7H2,(H,21,24)/t13-/m1/s1. The highest BCUT2D eigenvalue weighted by atomic mass is 35.5. The highest BCUT2D eigenvalue weighted by molar-refractivity contribution is 7.22. The molecule has 1 aromatic carbocycles. The van der Waals surface area contributed by atoms with Gasteiger partial charge in [0.05, 0.1) is 10.4 Å². The Morgan fingerprint density at radius 1 is 1.42 bits per heavy atom. The zero-order chi connectivity index (χ0) is 18.3. The molecule has 1 aliphatic heterocycles. The lowest BCUT2D eigenvalue weighted by atomic mass is 9.97. The third kappa shape index (κ3) is 2.83. The number of H-pyrrole nitrogens is 1. The topological polar surface area (TPSA) is 89.0 Å². The Hall–Kier alpha value is -2.82. The fourth-order valence-corrected chi connectivity index (χ4v) is 4.28. The summed E-state index contributed by atoms with van der Waals surface area (Å²) in [7, 11) is 0. The van der Waals surface area contributed by atoms with Crippen LogP contribution in [-0.4, -0.2) is 29.4 Å². The molecule has 3 heterocycles. The lowest BCUT2D eigenvalue weighted by molar-refractivity contribution is -0.120. The van der Waals surface area contributed by atoms with Crippen LogP contribution < -0.4 is 10.2 Å². The van der Waals surface area contributed by atoms with Crippen LogP contribution in [0.1, 0.15) is 16.1 Å². The fraction of sp³-hybridized carbons (Fsp3) is 0.167. The van der Waals surface area contributed by atoms with E-state index in [2.05, 4.69) is 10.3 Å². The van der Waals surface area contributed by atoms with Gasteiger partial charge in [0.2, 0.25) is 0 Å². The van der Waals surface area contributed by atoms with Crippen molar-refractivity contribution in [1.29, 1.82) is 5.26 Å². The number of anilines is 1. The van der Waals surface area contributed by atoms with E-state index in [1.165, 1.54) is 16.2 Å². The van der Waals surface area contributed by atoms with Crippen LogP contribution in [0.5, 0.6) is 0 Å². The number of carbonyl (C=O) groups excluding carboxylic acids is 2. The molecule has 26 heavy (non-hydrogen) atoms. The molecule has 0 saturated heterocycles. The molecule has 0 fully saturated rings. The number of fused-ring (bicyclic) bond motifs is 2. The maximum Gasteiger partial charge on any atom is 0.268 e. The fourth-order valence-electron chi connectivity index (χ4n) is 3.16. The molecule has 2 aromatic heterocycles. The maximum absolute atomic E-state index is 12.7. The number of amides is 2. The second-order valence-corrected chi connectivity index (χ2v) is 7.64. The van der Waals surface area contributed by atoms with Gasteiger partial charge in [-0.05, 0) is 23.8 Å². The Bertz CT molecular complexity index is 1030. The highest BCUT2D eigenvalue weighted by Crippen LogP contribution is 2.30. The lowest BCUT2D eigenvalue weighted by Crippen LogP contribution is -2.53. The number of halogens is 1. The average molecular weight is 385 g/mol. The number of hydrogen-bond acceptors (Lipinski definition) is 4. The number of nitrogens with zero attached hydrogens (tertiary/aromatic N) is 2. The first-order valence-electron chi connectivity index (χ1n) is 7.92. The van der Waals surface area contributed by atoms with Crippen LogP contribution in [0.4, 0.5) is 5.69 Å². The lowest BCUT2D eigenvalue weighted by Gasteiger charge is -2.32. The maximum atomic E-state index is 12.7. The first kappa shape index (κ1) is 16.6. The molecule has 0 spiro atoms. The van der Waals surface area contributed by atoms with Crippen LogP contribution in [0, 0.1) is 11.3 Å². The summed E-state index contributed by atoms with van der Waals surface area (Å²) in [5.41, 5.74) is 2.02. The summed E-state index contributed by atoms with van der Waals surface area (Å²) in [5, 5.41) is 12.7. The number of carbonyl (C=O) groups is 2. The third-order valence-corrected chi connectivity index (χ3v) is 5.52. The largest absolute Gasteiger partial charge is 0.342 e. The Labute approximate surface area is 158 Å². The monoisotopic (exact) mass is 384 g/mol. The third-order valence-electron chi connectivity index (χ3n) is 4.33. The van der Waals surface area contributed by atoms with E-state index >= 15 is 0 Å². The van der Waals surface area contributed by atoms with E-state index in [0.717, 1.165) is 21.5 Å². The van der Waals surface area contributed by atoms with Crippen LogP contribution in [0.25, 0.3) is 10.2 Å². The molecule has 2 N–H and O–H groups in total. The van der Waals surface area contributed by atoms with Crippen LogP contribution in [0.15, 0.2) is 36.4 Å². The Morgan fingerprint density at radius 2 is 2.23 bits per heavy atom. The van der Waals surface area contributed by atoms with Gasteiger partial charge in [-0.25, -0.2) is 0 Å². The summed E-state index contributed by atoms with van der Waals surface area (Å²) in [5.74, 6) is -0.644. The van der Waals surface area contributed by atoms with Gasteiger partial charge in [0.15, 0.2) is 0 Å². The van der Waals surface area contributed by atoms with Gasteiger partial charge in [-0.15, -0.1) is 11.3 Å². The molecule has 130 valence electrons. The molecule has 0 unspecified atom stereocenters. The van der Waals surface area contributed by atoms with E-state index in [1.807, 2.05) is 30.3 Å². The quantitative estimate of drug-likeness (QED) is 0.680. The Kier molecular flexibility index (Phi) is 4.15.